The van der Waals surface area contributed by atoms with Crippen LogP contribution >= 0.6 is 0 Å². The van der Waals surface area contributed by atoms with Crippen LogP contribution in [-0.2, 0) is 0 Å². The van der Waals surface area contributed by atoms with E-state index in [1.54, 1.807) is 25.1 Å². The SMILES string of the molecule is Cc1ccc(/C=C2/c3cc(O)cc(O)c3C(c3ccc(O)c(O)c3)[C@@H]2c2cc(O)cc(O)c2)cc1O. The zero-order valence-electron chi connectivity index (χ0n) is 19.2. The summed E-state index contributed by atoms with van der Waals surface area (Å²) in [6.07, 6.45) is 1.81. The van der Waals surface area contributed by atoms with Crippen LogP contribution in [0, 0.1) is 6.92 Å². The van der Waals surface area contributed by atoms with Crippen LogP contribution < -0.4 is 0 Å². The summed E-state index contributed by atoms with van der Waals surface area (Å²) in [5, 5.41) is 72.3. The van der Waals surface area contributed by atoms with Gasteiger partial charge in [-0.2, -0.15) is 0 Å². The van der Waals surface area contributed by atoms with Crippen molar-refractivity contribution >= 4 is 11.6 Å². The summed E-state index contributed by atoms with van der Waals surface area (Å²) >= 11 is 0. The third-order valence-corrected chi connectivity index (χ3v) is 6.63. The Hall–Kier alpha value is -4.78. The smallest absolute Gasteiger partial charge is 0.157 e. The van der Waals surface area contributed by atoms with Crippen LogP contribution in [0.15, 0.2) is 66.7 Å². The fourth-order valence-electron chi connectivity index (χ4n) is 5.03. The summed E-state index contributed by atoms with van der Waals surface area (Å²) in [7, 11) is 0. The highest BCUT2D eigenvalue weighted by atomic mass is 16.3. The molecular formula is C29H24O7. The minimum Gasteiger partial charge on any atom is -0.508 e. The van der Waals surface area contributed by atoms with E-state index in [4.69, 9.17) is 0 Å². The number of phenolic OH excluding ortho intramolecular Hbond substituents is 7. The number of aromatic hydroxyl groups is 7. The van der Waals surface area contributed by atoms with Crippen molar-refractivity contribution in [2.75, 3.05) is 0 Å². The lowest BCUT2D eigenvalue weighted by Gasteiger charge is -2.24. The molecule has 36 heavy (non-hydrogen) atoms. The van der Waals surface area contributed by atoms with Gasteiger partial charge < -0.3 is 35.7 Å². The predicted molar refractivity (Wildman–Crippen MR) is 135 cm³/mol. The van der Waals surface area contributed by atoms with Gasteiger partial charge in [-0.15, -0.1) is 0 Å². The summed E-state index contributed by atoms with van der Waals surface area (Å²) in [4.78, 5) is 0. The van der Waals surface area contributed by atoms with Gasteiger partial charge in [0.1, 0.15) is 28.7 Å². The van der Waals surface area contributed by atoms with Crippen molar-refractivity contribution in [1.29, 1.82) is 0 Å². The number of rotatable bonds is 3. The van der Waals surface area contributed by atoms with Crippen LogP contribution in [0.25, 0.3) is 11.6 Å². The highest BCUT2D eigenvalue weighted by molar-refractivity contribution is 5.93. The normalized spacial score (nSPS) is 17.9. The summed E-state index contributed by atoms with van der Waals surface area (Å²) in [5.74, 6) is -2.41. The largest absolute Gasteiger partial charge is 0.508 e. The first-order chi connectivity index (χ1) is 17.1. The minimum atomic E-state index is -0.626. The molecule has 7 N–H and O–H groups in total. The fraction of sp³-hybridized carbons (Fsp3) is 0.103. The van der Waals surface area contributed by atoms with Crippen LogP contribution in [0.1, 0.15) is 45.2 Å². The third-order valence-electron chi connectivity index (χ3n) is 6.63. The van der Waals surface area contributed by atoms with Crippen LogP contribution in [0.4, 0.5) is 0 Å². The van der Waals surface area contributed by atoms with Gasteiger partial charge in [-0.1, -0.05) is 24.3 Å². The number of allylic oxidation sites excluding steroid dienone is 1. The number of phenols is 7. The molecule has 1 aliphatic carbocycles. The first-order valence-electron chi connectivity index (χ1n) is 11.2. The molecule has 0 fully saturated rings. The molecule has 5 rings (SSSR count). The molecule has 0 spiro atoms. The molecule has 0 aliphatic heterocycles. The molecule has 182 valence electrons. The predicted octanol–water partition coefficient (Wildman–Crippen LogP) is 5.40. The zero-order valence-corrected chi connectivity index (χ0v) is 19.2. The maximum absolute atomic E-state index is 11.0. The molecule has 0 saturated heterocycles. The molecule has 4 aromatic carbocycles. The number of aryl methyl sites for hydroxylation is 1. The summed E-state index contributed by atoms with van der Waals surface area (Å²) in [6, 6.07) is 16.5. The number of fused-ring (bicyclic) bond motifs is 1. The molecule has 0 amide bonds. The van der Waals surface area contributed by atoms with Crippen LogP contribution in [0.3, 0.4) is 0 Å². The van der Waals surface area contributed by atoms with Crippen molar-refractivity contribution in [3.05, 3.63) is 100 Å². The average molecular weight is 485 g/mol. The van der Waals surface area contributed by atoms with Crippen LogP contribution in [0.2, 0.25) is 0 Å². The summed E-state index contributed by atoms with van der Waals surface area (Å²) < 4.78 is 0. The Morgan fingerprint density at radius 1 is 0.556 bits per heavy atom. The maximum Gasteiger partial charge on any atom is 0.157 e. The number of hydrogen-bond donors (Lipinski definition) is 7. The van der Waals surface area contributed by atoms with E-state index in [9.17, 15) is 35.7 Å². The van der Waals surface area contributed by atoms with Gasteiger partial charge in [-0.25, -0.2) is 0 Å². The first-order valence-corrected chi connectivity index (χ1v) is 11.2. The van der Waals surface area contributed by atoms with E-state index in [-0.39, 0.29) is 40.2 Å². The van der Waals surface area contributed by atoms with E-state index >= 15 is 0 Å². The van der Waals surface area contributed by atoms with E-state index in [0.717, 1.165) is 0 Å². The second-order valence-electron chi connectivity index (χ2n) is 9.06. The second kappa shape index (κ2) is 8.46. The van der Waals surface area contributed by atoms with Gasteiger partial charge >= 0.3 is 0 Å². The Balaban J connectivity index is 1.84. The molecular weight excluding hydrogens is 460 g/mol. The standard InChI is InChI=1S/C29H24O7/c1-14-2-3-15(7-24(14)34)6-21-22-12-20(32)13-26(36)29(22)28(16-4-5-23(33)25(35)10-16)27(21)17-8-18(30)11-19(31)9-17/h2-13,27-28,30-36H,1H3/b21-6-/t27-,28?/m1/s1. The van der Waals surface area contributed by atoms with Crippen molar-refractivity contribution in [2.24, 2.45) is 0 Å². The van der Waals surface area contributed by atoms with Crippen molar-refractivity contribution in [1.82, 2.24) is 0 Å². The highest BCUT2D eigenvalue weighted by Crippen LogP contribution is 2.59. The van der Waals surface area contributed by atoms with Crippen molar-refractivity contribution in [2.45, 2.75) is 18.8 Å². The maximum atomic E-state index is 11.0. The lowest BCUT2D eigenvalue weighted by molar-refractivity contribution is 0.402. The Kier molecular flexibility index (Phi) is 5.40. The number of hydrogen-bond acceptors (Lipinski definition) is 7. The van der Waals surface area contributed by atoms with E-state index in [1.807, 2.05) is 12.1 Å². The van der Waals surface area contributed by atoms with Gasteiger partial charge in [-0.05, 0) is 76.7 Å². The summed E-state index contributed by atoms with van der Waals surface area (Å²) in [6.45, 7) is 1.78. The molecule has 1 unspecified atom stereocenters. The van der Waals surface area contributed by atoms with Crippen molar-refractivity contribution < 1.29 is 35.7 Å². The monoisotopic (exact) mass is 484 g/mol. The van der Waals surface area contributed by atoms with Crippen molar-refractivity contribution in [3.63, 3.8) is 0 Å². The zero-order chi connectivity index (χ0) is 25.7. The lowest BCUT2D eigenvalue weighted by Crippen LogP contribution is -2.08. The quantitative estimate of drug-likeness (QED) is 0.193. The van der Waals surface area contributed by atoms with E-state index < -0.39 is 11.8 Å². The van der Waals surface area contributed by atoms with Crippen molar-refractivity contribution in [3.8, 4) is 40.2 Å². The first kappa shape index (κ1) is 23.0. The topological polar surface area (TPSA) is 142 Å². The van der Waals surface area contributed by atoms with E-state index in [1.165, 1.54) is 42.5 Å². The van der Waals surface area contributed by atoms with Gasteiger partial charge in [0, 0.05) is 29.5 Å². The highest BCUT2D eigenvalue weighted by Gasteiger charge is 2.41. The van der Waals surface area contributed by atoms with Crippen LogP contribution in [0.5, 0.6) is 40.2 Å². The van der Waals surface area contributed by atoms with Gasteiger partial charge in [0.25, 0.3) is 0 Å². The van der Waals surface area contributed by atoms with Gasteiger partial charge in [0.05, 0.1) is 0 Å². The molecule has 4 aromatic rings. The minimum absolute atomic E-state index is 0.105. The molecule has 7 heteroatoms. The average Bonchev–Trinajstić information content (AvgIpc) is 3.11. The van der Waals surface area contributed by atoms with Crippen LogP contribution in [-0.4, -0.2) is 35.7 Å². The molecule has 0 radical (unpaired) electrons. The van der Waals surface area contributed by atoms with Gasteiger partial charge in [0.2, 0.25) is 0 Å². The molecule has 7 nitrogen and oxygen atoms in total. The lowest BCUT2D eigenvalue weighted by atomic mass is 9.79. The molecule has 2 atom stereocenters. The molecule has 0 saturated carbocycles. The third kappa shape index (κ3) is 3.90. The molecule has 0 aromatic heterocycles. The van der Waals surface area contributed by atoms with Gasteiger partial charge in [-0.3, -0.25) is 0 Å². The molecule has 0 bridgehead atoms. The Morgan fingerprint density at radius 3 is 1.92 bits per heavy atom. The second-order valence-corrected chi connectivity index (χ2v) is 9.06. The van der Waals surface area contributed by atoms with E-state index in [0.29, 0.717) is 39.0 Å². The Morgan fingerprint density at radius 2 is 1.25 bits per heavy atom. The fourth-order valence-corrected chi connectivity index (χ4v) is 5.03. The molecule has 1 aliphatic rings. The Bertz CT molecular complexity index is 1520. The van der Waals surface area contributed by atoms with E-state index in [2.05, 4.69) is 0 Å². The number of benzene rings is 4. The molecule has 0 heterocycles. The Labute approximate surface area is 206 Å². The van der Waals surface area contributed by atoms with Gasteiger partial charge in [0.15, 0.2) is 11.5 Å². The summed E-state index contributed by atoms with van der Waals surface area (Å²) in [5.41, 5.74) is 4.06.